The van der Waals surface area contributed by atoms with Crippen molar-refractivity contribution < 1.29 is 0 Å². The lowest BCUT2D eigenvalue weighted by Gasteiger charge is -2.30. The van der Waals surface area contributed by atoms with Gasteiger partial charge in [0.2, 0.25) is 0 Å². The third-order valence-corrected chi connectivity index (χ3v) is 4.42. The zero-order valence-corrected chi connectivity index (χ0v) is 9.26. The highest BCUT2D eigenvalue weighted by Gasteiger charge is 2.24. The predicted octanol–water partition coefficient (Wildman–Crippen LogP) is 2.21. The molecule has 0 unspecified atom stereocenters. The second kappa shape index (κ2) is 3.59. The standard InChI is InChI=1S/C7H8Br2N2/c1-11-4-5(3-10)2-6(8)7(11)9/h4,6-7H,2H2,1H3/t6-,7-/m1/s1. The number of halogens is 2. The second-order valence-corrected chi connectivity index (χ2v) is 4.64. The quantitative estimate of drug-likeness (QED) is 0.502. The molecule has 0 bridgehead atoms. The van der Waals surface area contributed by atoms with Gasteiger partial charge in [0.25, 0.3) is 0 Å². The van der Waals surface area contributed by atoms with Gasteiger partial charge in [-0.3, -0.25) is 0 Å². The Labute approximate surface area is 83.1 Å². The van der Waals surface area contributed by atoms with Crippen LogP contribution in [0.1, 0.15) is 6.42 Å². The van der Waals surface area contributed by atoms with Crippen LogP contribution in [0.2, 0.25) is 0 Å². The monoisotopic (exact) mass is 278 g/mol. The molecule has 4 heteroatoms. The van der Waals surface area contributed by atoms with Crippen LogP contribution in [0.5, 0.6) is 0 Å². The molecule has 1 rings (SSSR count). The molecule has 1 aliphatic rings. The molecule has 0 radical (unpaired) electrons. The summed E-state index contributed by atoms with van der Waals surface area (Å²) in [5.41, 5.74) is 0.824. The van der Waals surface area contributed by atoms with E-state index in [2.05, 4.69) is 37.9 Å². The molecular formula is C7H8Br2N2. The first kappa shape index (κ1) is 9.08. The Morgan fingerprint density at radius 1 is 1.73 bits per heavy atom. The fourth-order valence-electron chi connectivity index (χ4n) is 1.01. The van der Waals surface area contributed by atoms with E-state index in [1.165, 1.54) is 0 Å². The molecule has 0 saturated heterocycles. The number of allylic oxidation sites excluding steroid dienone is 1. The highest BCUT2D eigenvalue weighted by Crippen LogP contribution is 2.28. The van der Waals surface area contributed by atoms with Crippen molar-refractivity contribution in [2.24, 2.45) is 0 Å². The van der Waals surface area contributed by atoms with Crippen molar-refractivity contribution in [1.29, 1.82) is 5.26 Å². The maximum absolute atomic E-state index is 8.63. The van der Waals surface area contributed by atoms with Gasteiger partial charge in [-0.25, -0.2) is 0 Å². The molecule has 0 aromatic carbocycles. The zero-order valence-electron chi connectivity index (χ0n) is 6.09. The lowest BCUT2D eigenvalue weighted by atomic mass is 10.1. The van der Waals surface area contributed by atoms with Crippen LogP contribution in [0.3, 0.4) is 0 Å². The van der Waals surface area contributed by atoms with Gasteiger partial charge in [-0.2, -0.15) is 5.26 Å². The van der Waals surface area contributed by atoms with Crippen LogP contribution in [0.15, 0.2) is 11.8 Å². The average Bonchev–Trinajstić information content (AvgIpc) is 1.99. The summed E-state index contributed by atoms with van der Waals surface area (Å²) in [7, 11) is 1.95. The first-order valence-electron chi connectivity index (χ1n) is 3.26. The minimum absolute atomic E-state index is 0.291. The summed E-state index contributed by atoms with van der Waals surface area (Å²) in [5.74, 6) is 0. The van der Waals surface area contributed by atoms with Gasteiger partial charge in [-0.05, 0) is 6.42 Å². The molecule has 0 N–H and O–H groups in total. The highest BCUT2D eigenvalue weighted by atomic mass is 79.9. The maximum Gasteiger partial charge on any atom is 0.0965 e. The number of nitriles is 1. The first-order chi connectivity index (χ1) is 5.15. The molecule has 1 aliphatic heterocycles. The van der Waals surface area contributed by atoms with Gasteiger partial charge in [-0.15, -0.1) is 0 Å². The first-order valence-corrected chi connectivity index (χ1v) is 5.09. The van der Waals surface area contributed by atoms with E-state index in [9.17, 15) is 0 Å². The molecule has 2 atom stereocenters. The normalized spacial score (nSPS) is 31.1. The van der Waals surface area contributed by atoms with Gasteiger partial charge in [-0.1, -0.05) is 31.9 Å². The fraction of sp³-hybridized carbons (Fsp3) is 0.571. The largest absolute Gasteiger partial charge is 0.366 e. The molecule has 0 aliphatic carbocycles. The molecule has 1 heterocycles. The Kier molecular flexibility index (Phi) is 2.97. The lowest BCUT2D eigenvalue weighted by molar-refractivity contribution is 0.403. The van der Waals surface area contributed by atoms with Crippen LogP contribution in [0.4, 0.5) is 0 Å². The molecule has 0 amide bonds. The number of alkyl halides is 2. The number of hydrogen-bond acceptors (Lipinski definition) is 2. The summed E-state index contributed by atoms with van der Waals surface area (Å²) >= 11 is 7.00. The molecule has 11 heavy (non-hydrogen) atoms. The van der Waals surface area contributed by atoms with Crippen molar-refractivity contribution in [1.82, 2.24) is 4.90 Å². The summed E-state index contributed by atoms with van der Waals surface area (Å²) < 4.78 is 0. The van der Waals surface area contributed by atoms with Gasteiger partial charge >= 0.3 is 0 Å². The number of nitrogens with zero attached hydrogens (tertiary/aromatic N) is 2. The molecule has 0 fully saturated rings. The summed E-state index contributed by atoms with van der Waals surface area (Å²) in [5, 5.41) is 8.63. The van der Waals surface area contributed by atoms with E-state index in [1.54, 1.807) is 0 Å². The van der Waals surface area contributed by atoms with E-state index < -0.39 is 0 Å². The Morgan fingerprint density at radius 3 is 2.82 bits per heavy atom. The van der Waals surface area contributed by atoms with Crippen LogP contribution >= 0.6 is 31.9 Å². The number of hydrogen-bond donors (Lipinski definition) is 0. The summed E-state index contributed by atoms with van der Waals surface area (Å²) in [6, 6.07) is 2.15. The Bertz CT molecular complexity index is 219. The van der Waals surface area contributed by atoms with E-state index in [0.29, 0.717) is 9.78 Å². The van der Waals surface area contributed by atoms with Crippen molar-refractivity contribution in [3.8, 4) is 6.07 Å². The lowest BCUT2D eigenvalue weighted by Crippen LogP contribution is -2.33. The van der Waals surface area contributed by atoms with Gasteiger partial charge in [0.1, 0.15) is 0 Å². The SMILES string of the molecule is CN1C=C(C#N)C[C@@H](Br)[C@@H]1Br. The third-order valence-electron chi connectivity index (χ3n) is 1.61. The minimum Gasteiger partial charge on any atom is -0.366 e. The molecule has 0 aromatic heterocycles. The molecule has 0 aromatic rings. The van der Waals surface area contributed by atoms with E-state index in [-0.39, 0.29) is 0 Å². The van der Waals surface area contributed by atoms with Gasteiger partial charge in [0, 0.05) is 23.6 Å². The maximum atomic E-state index is 8.63. The smallest absolute Gasteiger partial charge is 0.0965 e. The summed E-state index contributed by atoms with van der Waals surface area (Å²) in [6.07, 6.45) is 2.67. The van der Waals surface area contributed by atoms with Crippen molar-refractivity contribution in [2.45, 2.75) is 16.2 Å². The van der Waals surface area contributed by atoms with Crippen LogP contribution in [-0.4, -0.2) is 21.7 Å². The van der Waals surface area contributed by atoms with Crippen LogP contribution < -0.4 is 0 Å². The van der Waals surface area contributed by atoms with E-state index in [0.717, 1.165) is 12.0 Å². The van der Waals surface area contributed by atoms with Gasteiger partial charge < -0.3 is 4.90 Å². The van der Waals surface area contributed by atoms with Crippen LogP contribution in [0.25, 0.3) is 0 Å². The van der Waals surface area contributed by atoms with Crippen LogP contribution in [0, 0.1) is 11.3 Å². The van der Waals surface area contributed by atoms with E-state index >= 15 is 0 Å². The van der Waals surface area contributed by atoms with Crippen molar-refractivity contribution in [3.63, 3.8) is 0 Å². The predicted molar refractivity (Wildman–Crippen MR) is 51.5 cm³/mol. The highest BCUT2D eigenvalue weighted by molar-refractivity contribution is 9.12. The Morgan fingerprint density at radius 2 is 2.36 bits per heavy atom. The molecule has 60 valence electrons. The van der Waals surface area contributed by atoms with Crippen molar-refractivity contribution in [2.75, 3.05) is 7.05 Å². The minimum atomic E-state index is 0.291. The molecule has 0 saturated carbocycles. The zero-order chi connectivity index (χ0) is 8.43. The fourth-order valence-corrected chi connectivity index (χ4v) is 2.03. The summed E-state index contributed by atoms with van der Waals surface area (Å²) in [6.45, 7) is 0. The Hall–Kier alpha value is -0.0100. The third kappa shape index (κ3) is 1.97. The van der Waals surface area contributed by atoms with E-state index in [1.807, 2.05) is 18.1 Å². The molecule has 2 nitrogen and oxygen atoms in total. The van der Waals surface area contributed by atoms with E-state index in [4.69, 9.17) is 5.26 Å². The van der Waals surface area contributed by atoms with Crippen molar-refractivity contribution >= 4 is 31.9 Å². The van der Waals surface area contributed by atoms with Gasteiger partial charge in [0.05, 0.1) is 11.0 Å². The van der Waals surface area contributed by atoms with Crippen LogP contribution in [-0.2, 0) is 0 Å². The summed E-state index contributed by atoms with van der Waals surface area (Å²) in [4.78, 5) is 2.60. The molecule has 0 spiro atoms. The average molecular weight is 280 g/mol. The number of rotatable bonds is 0. The Balaban J connectivity index is 2.78. The van der Waals surface area contributed by atoms with Crippen molar-refractivity contribution in [3.05, 3.63) is 11.8 Å². The molecular weight excluding hydrogens is 272 g/mol. The van der Waals surface area contributed by atoms with Gasteiger partial charge in [0.15, 0.2) is 0 Å². The topological polar surface area (TPSA) is 27.0 Å². The second-order valence-electron chi connectivity index (χ2n) is 2.52.